The number of carbonyl (C=O) groups excluding carboxylic acids is 1. The molecule has 1 aromatic carbocycles. The highest BCUT2D eigenvalue weighted by atomic mass is 79.9. The molecule has 0 atom stereocenters. The summed E-state index contributed by atoms with van der Waals surface area (Å²) in [5.41, 5.74) is 3.69. The maximum Gasteiger partial charge on any atom is 0.265 e. The summed E-state index contributed by atoms with van der Waals surface area (Å²) in [6.07, 6.45) is 1.52. The Kier molecular flexibility index (Phi) is 4.56. The number of aromatic nitrogens is 3. The summed E-state index contributed by atoms with van der Waals surface area (Å²) >= 11 is 5.03. The van der Waals surface area contributed by atoms with Crippen molar-refractivity contribution in [2.75, 3.05) is 0 Å². The first-order valence-corrected chi connectivity index (χ1v) is 7.16. The van der Waals surface area contributed by atoms with Crippen molar-refractivity contribution in [2.45, 2.75) is 10.9 Å². The van der Waals surface area contributed by atoms with Crippen LogP contribution in [0.25, 0.3) is 0 Å². The molecule has 0 aliphatic rings. The molecule has 6 nitrogen and oxygen atoms in total. The number of nitrogen functional groups attached to an aromatic ring is 1. The van der Waals surface area contributed by atoms with E-state index in [0.29, 0.717) is 5.56 Å². The second-order valence-electron chi connectivity index (χ2n) is 3.73. The van der Waals surface area contributed by atoms with Crippen LogP contribution in [-0.4, -0.2) is 20.7 Å². The van der Waals surface area contributed by atoms with Gasteiger partial charge in [-0.15, -0.1) is 0 Å². The van der Waals surface area contributed by atoms with Crippen LogP contribution >= 0.6 is 27.7 Å². The molecule has 1 heterocycles. The summed E-state index contributed by atoms with van der Waals surface area (Å²) in [6, 6.07) is 5.37. The molecule has 0 fully saturated rings. The zero-order valence-electron chi connectivity index (χ0n) is 10.1. The maximum atomic E-state index is 11.4. The first-order chi connectivity index (χ1) is 9.11. The van der Waals surface area contributed by atoms with Gasteiger partial charge in [0, 0.05) is 22.8 Å². The molecule has 3 N–H and O–H groups in total. The second-order valence-corrected chi connectivity index (χ2v) is 5.53. The molecule has 1 amide bonds. The second kappa shape index (κ2) is 6.18. The molecule has 0 spiro atoms. The number of hydrogen-bond donors (Lipinski definition) is 2. The van der Waals surface area contributed by atoms with Crippen LogP contribution in [0.3, 0.4) is 0 Å². The third-order valence-corrected chi connectivity index (χ3v) is 4.29. The van der Waals surface area contributed by atoms with Gasteiger partial charge in [0.05, 0.1) is 0 Å². The van der Waals surface area contributed by atoms with Gasteiger partial charge in [-0.1, -0.05) is 33.8 Å². The molecular formula is C11H12BrN5OS. The minimum absolute atomic E-state index is 0.312. The Morgan fingerprint density at radius 1 is 1.58 bits per heavy atom. The molecular weight excluding hydrogens is 330 g/mol. The molecule has 0 saturated carbocycles. The van der Waals surface area contributed by atoms with Gasteiger partial charge < -0.3 is 0 Å². The molecule has 100 valence electrons. The van der Waals surface area contributed by atoms with Gasteiger partial charge in [0.1, 0.15) is 6.33 Å². The first kappa shape index (κ1) is 14.0. The Morgan fingerprint density at radius 2 is 2.37 bits per heavy atom. The van der Waals surface area contributed by atoms with Gasteiger partial charge in [0.25, 0.3) is 5.91 Å². The predicted molar refractivity (Wildman–Crippen MR) is 76.4 cm³/mol. The van der Waals surface area contributed by atoms with Crippen LogP contribution in [-0.2, 0) is 12.8 Å². The Hall–Kier alpha value is -1.38. The highest BCUT2D eigenvalue weighted by molar-refractivity contribution is 9.10. The minimum Gasteiger partial charge on any atom is -0.290 e. The quantitative estimate of drug-likeness (QED) is 0.380. The molecule has 0 saturated heterocycles. The standard InChI is InChI=1S/C11H12BrN5OS/c1-17-11(14-6-15-17)19-5-8-3-2-7(4-9(8)12)10(18)16-13/h2-4,6H,5,13H2,1H3,(H,16,18). The maximum absolute atomic E-state index is 11.4. The fraction of sp³-hybridized carbons (Fsp3) is 0.182. The van der Waals surface area contributed by atoms with Crippen molar-refractivity contribution < 1.29 is 4.79 Å². The summed E-state index contributed by atoms with van der Waals surface area (Å²) in [7, 11) is 1.85. The van der Waals surface area contributed by atoms with Crippen molar-refractivity contribution in [3.05, 3.63) is 40.1 Å². The Morgan fingerprint density at radius 3 is 2.95 bits per heavy atom. The summed E-state index contributed by atoms with van der Waals surface area (Å²) in [6.45, 7) is 0. The van der Waals surface area contributed by atoms with E-state index in [0.717, 1.165) is 20.9 Å². The van der Waals surface area contributed by atoms with E-state index >= 15 is 0 Å². The van der Waals surface area contributed by atoms with Crippen LogP contribution < -0.4 is 11.3 Å². The molecule has 0 radical (unpaired) electrons. The van der Waals surface area contributed by atoms with Crippen LogP contribution in [0.2, 0.25) is 0 Å². The van der Waals surface area contributed by atoms with Crippen molar-refractivity contribution in [1.82, 2.24) is 20.2 Å². The van der Waals surface area contributed by atoms with E-state index in [9.17, 15) is 4.79 Å². The van der Waals surface area contributed by atoms with Gasteiger partial charge in [-0.2, -0.15) is 5.10 Å². The number of benzene rings is 1. The Bertz CT molecular complexity index is 601. The summed E-state index contributed by atoms with van der Waals surface area (Å²) in [4.78, 5) is 15.5. The van der Waals surface area contributed by atoms with E-state index in [4.69, 9.17) is 5.84 Å². The number of hydrogen-bond acceptors (Lipinski definition) is 5. The Labute approximate surface area is 122 Å². The van der Waals surface area contributed by atoms with Crippen LogP contribution in [0.4, 0.5) is 0 Å². The molecule has 0 unspecified atom stereocenters. The molecule has 0 aliphatic heterocycles. The molecule has 0 aliphatic carbocycles. The summed E-state index contributed by atoms with van der Waals surface area (Å²) < 4.78 is 2.58. The SMILES string of the molecule is Cn1ncnc1SCc1ccc(C(=O)NN)cc1Br. The van der Waals surface area contributed by atoms with Crippen LogP contribution in [0, 0.1) is 0 Å². The molecule has 0 bridgehead atoms. The highest BCUT2D eigenvalue weighted by Crippen LogP contribution is 2.26. The third-order valence-electron chi connectivity index (χ3n) is 2.47. The van der Waals surface area contributed by atoms with Gasteiger partial charge in [0.15, 0.2) is 5.16 Å². The lowest BCUT2D eigenvalue weighted by atomic mass is 10.1. The number of nitrogens with two attached hydrogens (primary N) is 1. The highest BCUT2D eigenvalue weighted by Gasteiger charge is 2.09. The monoisotopic (exact) mass is 341 g/mol. The average molecular weight is 342 g/mol. The van der Waals surface area contributed by atoms with Gasteiger partial charge in [-0.3, -0.25) is 10.2 Å². The van der Waals surface area contributed by atoms with Crippen molar-refractivity contribution in [3.8, 4) is 0 Å². The van der Waals surface area contributed by atoms with Gasteiger partial charge in [0.2, 0.25) is 0 Å². The number of halogens is 1. The minimum atomic E-state index is -0.312. The molecule has 8 heteroatoms. The number of aryl methyl sites for hydroxylation is 1. The summed E-state index contributed by atoms with van der Waals surface area (Å²) in [5, 5.41) is 4.85. The summed E-state index contributed by atoms with van der Waals surface area (Å²) in [5.74, 6) is 5.52. The largest absolute Gasteiger partial charge is 0.290 e. The van der Waals surface area contributed by atoms with E-state index in [-0.39, 0.29) is 5.91 Å². The fourth-order valence-electron chi connectivity index (χ4n) is 1.45. The number of thioether (sulfide) groups is 1. The van der Waals surface area contributed by atoms with E-state index in [2.05, 4.69) is 31.4 Å². The van der Waals surface area contributed by atoms with Crippen LogP contribution in [0.1, 0.15) is 15.9 Å². The van der Waals surface area contributed by atoms with E-state index in [1.54, 1.807) is 28.6 Å². The zero-order chi connectivity index (χ0) is 13.8. The fourth-order valence-corrected chi connectivity index (χ4v) is 3.04. The lowest BCUT2D eigenvalue weighted by Crippen LogP contribution is -2.29. The predicted octanol–water partition coefficient (Wildman–Crippen LogP) is 1.47. The Balaban J connectivity index is 2.09. The average Bonchev–Trinajstić information content (AvgIpc) is 2.82. The number of rotatable bonds is 4. The number of nitrogens with one attached hydrogen (secondary N) is 1. The van der Waals surface area contributed by atoms with Crippen molar-refractivity contribution in [3.63, 3.8) is 0 Å². The van der Waals surface area contributed by atoms with E-state index in [1.807, 2.05) is 13.1 Å². The van der Waals surface area contributed by atoms with Crippen LogP contribution in [0.5, 0.6) is 0 Å². The molecule has 2 aromatic rings. The number of hydrazine groups is 1. The normalized spacial score (nSPS) is 10.5. The molecule has 19 heavy (non-hydrogen) atoms. The third kappa shape index (κ3) is 3.34. The number of carbonyl (C=O) groups is 1. The smallest absolute Gasteiger partial charge is 0.265 e. The lowest BCUT2D eigenvalue weighted by molar-refractivity contribution is 0.0953. The topological polar surface area (TPSA) is 85.8 Å². The van der Waals surface area contributed by atoms with Crippen molar-refractivity contribution in [1.29, 1.82) is 0 Å². The molecule has 2 rings (SSSR count). The van der Waals surface area contributed by atoms with E-state index in [1.165, 1.54) is 6.33 Å². The zero-order valence-corrected chi connectivity index (χ0v) is 12.5. The van der Waals surface area contributed by atoms with Gasteiger partial charge in [-0.25, -0.2) is 15.5 Å². The van der Waals surface area contributed by atoms with E-state index < -0.39 is 0 Å². The first-order valence-electron chi connectivity index (χ1n) is 5.38. The van der Waals surface area contributed by atoms with Crippen LogP contribution in [0.15, 0.2) is 34.2 Å². The van der Waals surface area contributed by atoms with Crippen molar-refractivity contribution >= 4 is 33.6 Å². The lowest BCUT2D eigenvalue weighted by Gasteiger charge is -2.06. The van der Waals surface area contributed by atoms with Gasteiger partial charge >= 0.3 is 0 Å². The molecule has 1 aromatic heterocycles. The van der Waals surface area contributed by atoms with Gasteiger partial charge in [-0.05, 0) is 17.7 Å². The number of amides is 1. The number of nitrogens with zero attached hydrogens (tertiary/aromatic N) is 3. The van der Waals surface area contributed by atoms with Crippen molar-refractivity contribution in [2.24, 2.45) is 12.9 Å².